The summed E-state index contributed by atoms with van der Waals surface area (Å²) >= 11 is 0. The fourth-order valence-electron chi connectivity index (χ4n) is 2.87. The average molecular weight is 408 g/mol. The molecule has 0 heterocycles. The molecule has 0 radical (unpaired) electrons. The van der Waals surface area contributed by atoms with Crippen molar-refractivity contribution >= 4 is 8.60 Å². The molecule has 0 atom stereocenters. The van der Waals surface area contributed by atoms with Gasteiger partial charge in [0.15, 0.2) is 0 Å². The number of benzene rings is 3. The van der Waals surface area contributed by atoms with Crippen LogP contribution >= 0.6 is 8.60 Å². The molecule has 0 saturated heterocycles. The summed E-state index contributed by atoms with van der Waals surface area (Å²) in [6, 6.07) is 22.1. The van der Waals surface area contributed by atoms with E-state index in [2.05, 4.69) is 39.8 Å². The van der Waals surface area contributed by atoms with Gasteiger partial charge in [-0.1, -0.05) is 66.4 Å². The van der Waals surface area contributed by atoms with Gasteiger partial charge in [0.1, 0.15) is 17.2 Å². The molecular formula is C25H29O3P. The summed E-state index contributed by atoms with van der Waals surface area (Å²) in [6.07, 6.45) is 3.24. The Morgan fingerprint density at radius 2 is 1.17 bits per heavy atom. The molecule has 3 aromatic rings. The molecule has 0 fully saturated rings. The zero-order chi connectivity index (χ0) is 20.6. The van der Waals surface area contributed by atoms with E-state index < -0.39 is 8.60 Å². The van der Waals surface area contributed by atoms with Crippen molar-refractivity contribution < 1.29 is 13.6 Å². The lowest BCUT2D eigenvalue weighted by atomic mass is 10.1. The average Bonchev–Trinajstić information content (AvgIpc) is 2.71. The van der Waals surface area contributed by atoms with Gasteiger partial charge in [0.2, 0.25) is 0 Å². The summed E-state index contributed by atoms with van der Waals surface area (Å²) in [7, 11) is -1.65. The summed E-state index contributed by atoms with van der Waals surface area (Å²) in [5.41, 5.74) is 4.79. The van der Waals surface area contributed by atoms with Crippen molar-refractivity contribution in [3.63, 3.8) is 0 Å². The Balaban J connectivity index is 1.84. The molecule has 0 aliphatic rings. The summed E-state index contributed by atoms with van der Waals surface area (Å²) in [5, 5.41) is 0. The smallest absolute Gasteiger partial charge is 0.409 e. The lowest BCUT2D eigenvalue weighted by Gasteiger charge is -2.20. The van der Waals surface area contributed by atoms with Crippen LogP contribution in [0.1, 0.15) is 42.0 Å². The molecule has 3 aromatic carbocycles. The van der Waals surface area contributed by atoms with E-state index in [0.717, 1.165) is 36.5 Å². The molecule has 3 rings (SSSR count). The van der Waals surface area contributed by atoms with Crippen LogP contribution in [0.5, 0.6) is 17.2 Å². The van der Waals surface area contributed by atoms with Crippen molar-refractivity contribution in [3.05, 3.63) is 89.0 Å². The molecule has 0 unspecified atom stereocenters. The molecule has 0 aliphatic heterocycles. The van der Waals surface area contributed by atoms with Crippen molar-refractivity contribution in [1.82, 2.24) is 0 Å². The maximum Gasteiger partial charge on any atom is 0.530 e. The Bertz CT molecular complexity index is 857. The third kappa shape index (κ3) is 6.51. The second kappa shape index (κ2) is 10.3. The van der Waals surface area contributed by atoms with Crippen molar-refractivity contribution in [3.8, 4) is 17.2 Å². The molecule has 0 N–H and O–H groups in total. The highest BCUT2D eigenvalue weighted by Crippen LogP contribution is 2.43. The van der Waals surface area contributed by atoms with Crippen molar-refractivity contribution in [2.75, 3.05) is 0 Å². The first-order valence-corrected chi connectivity index (χ1v) is 11.2. The monoisotopic (exact) mass is 408 g/mol. The van der Waals surface area contributed by atoms with E-state index in [1.54, 1.807) is 0 Å². The molecule has 3 nitrogen and oxygen atoms in total. The van der Waals surface area contributed by atoms with Crippen LogP contribution in [0.2, 0.25) is 0 Å². The van der Waals surface area contributed by atoms with Gasteiger partial charge in [-0.25, -0.2) is 0 Å². The minimum Gasteiger partial charge on any atom is -0.409 e. The fraction of sp³-hybridized carbons (Fsp3) is 0.280. The fourth-order valence-corrected chi connectivity index (χ4v) is 3.90. The van der Waals surface area contributed by atoms with E-state index >= 15 is 0 Å². The molecule has 0 spiro atoms. The summed E-state index contributed by atoms with van der Waals surface area (Å²) in [4.78, 5) is 0. The van der Waals surface area contributed by atoms with Crippen LogP contribution in [-0.4, -0.2) is 0 Å². The first-order chi connectivity index (χ1) is 14.0. The van der Waals surface area contributed by atoms with Crippen LogP contribution in [0.25, 0.3) is 0 Å². The van der Waals surface area contributed by atoms with E-state index in [4.69, 9.17) is 13.6 Å². The SMILES string of the molecule is CCCCc1cc(C)ccc1OP(Oc1ccc(C)cc1)Oc1ccc(C)cc1. The standard InChI is InChI=1S/C25H29O3P/c1-5-6-7-22-18-21(4)12-17-25(22)28-29(26-23-13-8-19(2)9-14-23)27-24-15-10-20(3)11-16-24/h8-18H,5-7H2,1-4H3. The normalized spacial score (nSPS) is 10.8. The first kappa shape index (κ1) is 21.2. The minimum atomic E-state index is -1.65. The second-order valence-electron chi connectivity index (χ2n) is 7.34. The van der Waals surface area contributed by atoms with Crippen LogP contribution in [-0.2, 0) is 6.42 Å². The largest absolute Gasteiger partial charge is 0.530 e. The van der Waals surface area contributed by atoms with E-state index in [0.29, 0.717) is 0 Å². The van der Waals surface area contributed by atoms with E-state index in [-0.39, 0.29) is 0 Å². The molecule has 152 valence electrons. The molecular weight excluding hydrogens is 379 g/mol. The van der Waals surface area contributed by atoms with Crippen LogP contribution in [0.15, 0.2) is 66.7 Å². The summed E-state index contributed by atoms with van der Waals surface area (Å²) in [5.74, 6) is 2.29. The molecule has 0 aliphatic carbocycles. The predicted molar refractivity (Wildman–Crippen MR) is 121 cm³/mol. The second-order valence-corrected chi connectivity index (χ2v) is 8.33. The van der Waals surface area contributed by atoms with Gasteiger partial charge in [0.25, 0.3) is 0 Å². The number of unbranched alkanes of at least 4 members (excludes halogenated alkanes) is 1. The molecule has 0 bridgehead atoms. The maximum atomic E-state index is 6.29. The van der Waals surface area contributed by atoms with E-state index in [9.17, 15) is 0 Å². The molecule has 0 aromatic heterocycles. The van der Waals surface area contributed by atoms with Crippen LogP contribution in [0.3, 0.4) is 0 Å². The Kier molecular flexibility index (Phi) is 7.55. The molecule has 0 saturated carbocycles. The highest BCUT2D eigenvalue weighted by atomic mass is 31.2. The van der Waals surface area contributed by atoms with Gasteiger partial charge < -0.3 is 13.6 Å². The van der Waals surface area contributed by atoms with Gasteiger partial charge in [-0.2, -0.15) is 0 Å². The molecule has 4 heteroatoms. The third-order valence-corrected chi connectivity index (χ3v) is 5.66. The predicted octanol–water partition coefficient (Wildman–Crippen LogP) is 7.72. The van der Waals surface area contributed by atoms with E-state index in [1.807, 2.05) is 54.6 Å². The van der Waals surface area contributed by atoms with Crippen LogP contribution in [0, 0.1) is 20.8 Å². The van der Waals surface area contributed by atoms with Gasteiger partial charge in [-0.15, -0.1) is 0 Å². The highest BCUT2D eigenvalue weighted by molar-refractivity contribution is 7.43. The lowest BCUT2D eigenvalue weighted by molar-refractivity contribution is 0.386. The number of aryl methyl sites for hydroxylation is 4. The van der Waals surface area contributed by atoms with Crippen LogP contribution < -0.4 is 13.6 Å². The highest BCUT2D eigenvalue weighted by Gasteiger charge is 2.21. The number of hydrogen-bond acceptors (Lipinski definition) is 3. The lowest BCUT2D eigenvalue weighted by Crippen LogP contribution is -2.04. The number of hydrogen-bond donors (Lipinski definition) is 0. The maximum absolute atomic E-state index is 6.29. The van der Waals surface area contributed by atoms with Crippen LogP contribution in [0.4, 0.5) is 0 Å². The Hall–Kier alpha value is -2.51. The zero-order valence-electron chi connectivity index (χ0n) is 17.6. The Morgan fingerprint density at radius 3 is 1.69 bits per heavy atom. The van der Waals surface area contributed by atoms with Crippen molar-refractivity contribution in [1.29, 1.82) is 0 Å². The molecule has 29 heavy (non-hydrogen) atoms. The van der Waals surface area contributed by atoms with Gasteiger partial charge >= 0.3 is 8.60 Å². The Labute approximate surface area is 175 Å². The quantitative estimate of drug-likeness (QED) is 0.339. The number of rotatable bonds is 9. The van der Waals surface area contributed by atoms with E-state index in [1.165, 1.54) is 22.3 Å². The van der Waals surface area contributed by atoms with Crippen molar-refractivity contribution in [2.24, 2.45) is 0 Å². The van der Waals surface area contributed by atoms with Gasteiger partial charge in [0.05, 0.1) is 0 Å². The third-order valence-electron chi connectivity index (χ3n) is 4.59. The molecule has 0 amide bonds. The zero-order valence-corrected chi connectivity index (χ0v) is 18.5. The van der Waals surface area contributed by atoms with Gasteiger partial charge in [-0.05, 0) is 69.5 Å². The summed E-state index contributed by atoms with van der Waals surface area (Å²) < 4.78 is 18.5. The minimum absolute atomic E-state index is 0.732. The van der Waals surface area contributed by atoms with Crippen molar-refractivity contribution in [2.45, 2.75) is 47.0 Å². The topological polar surface area (TPSA) is 27.7 Å². The van der Waals surface area contributed by atoms with Gasteiger partial charge in [-0.3, -0.25) is 0 Å². The first-order valence-electron chi connectivity index (χ1n) is 10.1. The summed E-state index contributed by atoms with van der Waals surface area (Å²) in [6.45, 7) is 8.41. The Morgan fingerprint density at radius 1 is 0.655 bits per heavy atom. The van der Waals surface area contributed by atoms with Gasteiger partial charge in [0, 0.05) is 0 Å².